The van der Waals surface area contributed by atoms with Crippen LogP contribution < -0.4 is 4.90 Å². The maximum absolute atomic E-state index is 11.4. The first-order valence-electron chi connectivity index (χ1n) is 4.63. The summed E-state index contributed by atoms with van der Waals surface area (Å²) in [6, 6.07) is 3.40. The minimum atomic E-state index is -1.33. The number of phenols is 1. The third-order valence-corrected chi connectivity index (χ3v) is 2.26. The van der Waals surface area contributed by atoms with Crippen molar-refractivity contribution in [3.05, 3.63) is 35.9 Å². The smallest absolute Gasteiger partial charge is 0.337 e. The number of phenolic OH excluding ortho intramolecular Hbond substituents is 1. The molecule has 17 heavy (non-hydrogen) atoms. The molecule has 2 rings (SSSR count). The number of aromatic hydroxyl groups is 1. The molecule has 0 radical (unpaired) electrons. The highest BCUT2D eigenvalue weighted by Gasteiger charge is 2.28. The van der Waals surface area contributed by atoms with Gasteiger partial charge in [-0.25, -0.2) is 9.69 Å². The van der Waals surface area contributed by atoms with E-state index in [0.717, 1.165) is 23.1 Å². The third kappa shape index (κ3) is 1.76. The molecule has 0 aliphatic carbocycles. The number of carboxylic acids is 1. The molecule has 1 aromatic rings. The second-order valence-electron chi connectivity index (χ2n) is 3.35. The summed E-state index contributed by atoms with van der Waals surface area (Å²) >= 11 is 0. The Kier molecular flexibility index (Phi) is 2.40. The molecule has 0 unspecified atom stereocenters. The Morgan fingerprint density at radius 2 is 1.71 bits per heavy atom. The zero-order valence-electron chi connectivity index (χ0n) is 8.45. The molecule has 0 fully saturated rings. The number of hydrogen-bond acceptors (Lipinski definition) is 4. The Bertz CT molecular complexity index is 543. The predicted octanol–water partition coefficient (Wildman–Crippen LogP) is 0.520. The van der Waals surface area contributed by atoms with E-state index >= 15 is 0 Å². The first-order valence-corrected chi connectivity index (χ1v) is 4.63. The van der Waals surface area contributed by atoms with Crippen molar-refractivity contribution in [2.24, 2.45) is 0 Å². The van der Waals surface area contributed by atoms with E-state index in [1.807, 2.05) is 0 Å². The number of imide groups is 1. The van der Waals surface area contributed by atoms with Crippen LogP contribution in [0.25, 0.3) is 0 Å². The highest BCUT2D eigenvalue weighted by atomic mass is 16.4. The van der Waals surface area contributed by atoms with Crippen LogP contribution in [-0.2, 0) is 9.59 Å². The molecular formula is C11H7NO5. The molecule has 86 valence electrons. The topological polar surface area (TPSA) is 94.9 Å². The molecule has 2 N–H and O–H groups in total. The molecule has 0 bridgehead atoms. The first kappa shape index (κ1) is 10.9. The Morgan fingerprint density at radius 3 is 2.24 bits per heavy atom. The van der Waals surface area contributed by atoms with Gasteiger partial charge < -0.3 is 10.2 Å². The largest absolute Gasteiger partial charge is 0.508 e. The van der Waals surface area contributed by atoms with Gasteiger partial charge in [0.05, 0.1) is 11.3 Å². The normalized spacial score (nSPS) is 14.5. The molecule has 6 heteroatoms. The molecular weight excluding hydrogens is 226 g/mol. The fourth-order valence-corrected chi connectivity index (χ4v) is 1.53. The molecule has 0 saturated heterocycles. The number of carbonyl (C=O) groups excluding carboxylic acids is 2. The van der Waals surface area contributed by atoms with Crippen LogP contribution in [-0.4, -0.2) is 28.0 Å². The number of aromatic carboxylic acids is 1. The van der Waals surface area contributed by atoms with Crippen LogP contribution in [0.15, 0.2) is 30.4 Å². The van der Waals surface area contributed by atoms with E-state index in [2.05, 4.69) is 0 Å². The van der Waals surface area contributed by atoms with Gasteiger partial charge in [-0.15, -0.1) is 0 Å². The van der Waals surface area contributed by atoms with Crippen molar-refractivity contribution < 1.29 is 24.6 Å². The van der Waals surface area contributed by atoms with Crippen molar-refractivity contribution in [1.82, 2.24) is 0 Å². The summed E-state index contributed by atoms with van der Waals surface area (Å²) in [4.78, 5) is 34.5. The maximum atomic E-state index is 11.4. The second-order valence-corrected chi connectivity index (χ2v) is 3.35. The molecule has 6 nitrogen and oxygen atoms in total. The molecule has 0 saturated carbocycles. The van der Waals surface area contributed by atoms with Gasteiger partial charge in [0.15, 0.2) is 0 Å². The lowest BCUT2D eigenvalue weighted by Crippen LogP contribution is -2.31. The van der Waals surface area contributed by atoms with E-state index in [0.29, 0.717) is 0 Å². The van der Waals surface area contributed by atoms with Crippen LogP contribution >= 0.6 is 0 Å². The molecule has 1 heterocycles. The molecule has 1 aliphatic rings. The Labute approximate surface area is 95.4 Å². The van der Waals surface area contributed by atoms with Crippen LogP contribution in [0.3, 0.4) is 0 Å². The lowest BCUT2D eigenvalue weighted by Gasteiger charge is -2.16. The van der Waals surface area contributed by atoms with Gasteiger partial charge in [0.1, 0.15) is 5.75 Å². The molecule has 1 aromatic carbocycles. The lowest BCUT2D eigenvalue weighted by atomic mass is 10.1. The summed E-state index contributed by atoms with van der Waals surface area (Å²) in [5.41, 5.74) is -0.370. The van der Waals surface area contributed by atoms with Crippen molar-refractivity contribution in [3.63, 3.8) is 0 Å². The van der Waals surface area contributed by atoms with Gasteiger partial charge in [0.25, 0.3) is 11.8 Å². The summed E-state index contributed by atoms with van der Waals surface area (Å²) in [6.45, 7) is 0. The molecule has 1 aliphatic heterocycles. The van der Waals surface area contributed by atoms with Gasteiger partial charge in [-0.2, -0.15) is 0 Å². The van der Waals surface area contributed by atoms with E-state index in [1.54, 1.807) is 0 Å². The van der Waals surface area contributed by atoms with Crippen LogP contribution in [0, 0.1) is 0 Å². The Hall–Kier alpha value is -2.63. The quantitative estimate of drug-likeness (QED) is 0.726. The van der Waals surface area contributed by atoms with E-state index in [-0.39, 0.29) is 17.0 Å². The summed E-state index contributed by atoms with van der Waals surface area (Å²) in [5, 5.41) is 18.1. The highest BCUT2D eigenvalue weighted by molar-refractivity contribution is 6.29. The standard InChI is InChI=1S/C11H7NO5/c13-6-1-2-8(7(5-6)11(16)17)12-9(14)3-4-10(12)15/h1-5,13H,(H,16,17). The lowest BCUT2D eigenvalue weighted by molar-refractivity contribution is -0.119. The maximum Gasteiger partial charge on any atom is 0.337 e. The number of rotatable bonds is 2. The first-order chi connectivity index (χ1) is 8.00. The van der Waals surface area contributed by atoms with Crippen molar-refractivity contribution in [2.45, 2.75) is 0 Å². The molecule has 0 spiro atoms. The number of benzene rings is 1. The fourth-order valence-electron chi connectivity index (χ4n) is 1.53. The van der Waals surface area contributed by atoms with Crippen LogP contribution in [0.5, 0.6) is 5.75 Å². The van der Waals surface area contributed by atoms with Crippen LogP contribution in [0.1, 0.15) is 10.4 Å². The molecule has 2 amide bonds. The van der Waals surface area contributed by atoms with Crippen molar-refractivity contribution in [1.29, 1.82) is 0 Å². The second kappa shape index (κ2) is 3.75. The molecule has 0 aromatic heterocycles. The number of hydrogen-bond donors (Lipinski definition) is 2. The number of carboxylic acid groups (broad SMARTS) is 1. The zero-order chi connectivity index (χ0) is 12.6. The Morgan fingerprint density at radius 1 is 1.12 bits per heavy atom. The van der Waals surface area contributed by atoms with Gasteiger partial charge in [-0.05, 0) is 18.2 Å². The summed E-state index contributed by atoms with van der Waals surface area (Å²) in [6.07, 6.45) is 2.11. The van der Waals surface area contributed by atoms with E-state index in [1.165, 1.54) is 12.1 Å². The van der Waals surface area contributed by atoms with Crippen LogP contribution in [0.2, 0.25) is 0 Å². The summed E-state index contributed by atoms with van der Waals surface area (Å²) in [7, 11) is 0. The van der Waals surface area contributed by atoms with Gasteiger partial charge in [0, 0.05) is 12.2 Å². The highest BCUT2D eigenvalue weighted by Crippen LogP contribution is 2.27. The zero-order valence-corrected chi connectivity index (χ0v) is 8.45. The summed E-state index contributed by atoms with van der Waals surface area (Å²) in [5.74, 6) is -2.80. The minimum absolute atomic E-state index is 0.0599. The van der Waals surface area contributed by atoms with Crippen molar-refractivity contribution >= 4 is 23.5 Å². The minimum Gasteiger partial charge on any atom is -0.508 e. The van der Waals surface area contributed by atoms with Gasteiger partial charge >= 0.3 is 5.97 Å². The SMILES string of the molecule is O=C(O)c1cc(O)ccc1N1C(=O)C=CC1=O. The third-order valence-electron chi connectivity index (χ3n) is 2.26. The molecule has 0 atom stereocenters. The average Bonchev–Trinajstić information content (AvgIpc) is 2.59. The fraction of sp³-hybridized carbons (Fsp3) is 0. The van der Waals surface area contributed by atoms with Gasteiger partial charge in [-0.1, -0.05) is 0 Å². The van der Waals surface area contributed by atoms with Gasteiger partial charge in [-0.3, -0.25) is 9.59 Å². The van der Waals surface area contributed by atoms with Crippen molar-refractivity contribution in [3.8, 4) is 5.75 Å². The monoisotopic (exact) mass is 233 g/mol. The van der Waals surface area contributed by atoms with Crippen molar-refractivity contribution in [2.75, 3.05) is 4.90 Å². The summed E-state index contributed by atoms with van der Waals surface area (Å²) < 4.78 is 0. The van der Waals surface area contributed by atoms with E-state index < -0.39 is 17.8 Å². The number of nitrogens with zero attached hydrogens (tertiary/aromatic N) is 1. The number of carbonyl (C=O) groups is 3. The van der Waals surface area contributed by atoms with Crippen LogP contribution in [0.4, 0.5) is 5.69 Å². The predicted molar refractivity (Wildman–Crippen MR) is 56.7 cm³/mol. The number of anilines is 1. The van der Waals surface area contributed by atoms with E-state index in [9.17, 15) is 19.5 Å². The van der Waals surface area contributed by atoms with Gasteiger partial charge in [0.2, 0.25) is 0 Å². The van der Waals surface area contributed by atoms with E-state index in [4.69, 9.17) is 5.11 Å². The number of amides is 2. The Balaban J connectivity index is 2.56. The average molecular weight is 233 g/mol.